The number of rotatable bonds is 3. The van der Waals surface area contributed by atoms with Crippen LogP contribution in [-0.4, -0.2) is 4.57 Å². The molecular formula is C14H15NO. The van der Waals surface area contributed by atoms with E-state index in [1.807, 2.05) is 49.5 Å². The zero-order chi connectivity index (χ0) is 11.5. The Balaban J connectivity index is 2.69. The lowest BCUT2D eigenvalue weighted by molar-refractivity contribution is 0.571. The molecule has 1 aromatic carbocycles. The van der Waals surface area contributed by atoms with Gasteiger partial charge in [0.2, 0.25) is 0 Å². The highest BCUT2D eigenvalue weighted by Crippen LogP contribution is 2.13. The van der Waals surface area contributed by atoms with Crippen LogP contribution >= 0.6 is 0 Å². The molecule has 0 amide bonds. The van der Waals surface area contributed by atoms with Crippen LogP contribution in [-0.2, 0) is 0 Å². The van der Waals surface area contributed by atoms with Gasteiger partial charge in [-0.2, -0.15) is 0 Å². The summed E-state index contributed by atoms with van der Waals surface area (Å²) in [6, 6.07) is 9.71. The Morgan fingerprint density at radius 1 is 1.38 bits per heavy atom. The average Bonchev–Trinajstić information content (AvgIpc) is 2.34. The maximum Gasteiger partial charge on any atom is 0.258 e. The van der Waals surface area contributed by atoms with Crippen molar-refractivity contribution < 1.29 is 0 Å². The summed E-state index contributed by atoms with van der Waals surface area (Å²) in [6.07, 6.45) is 4.54. The summed E-state index contributed by atoms with van der Waals surface area (Å²) in [5.41, 5.74) is 0.0600. The van der Waals surface area contributed by atoms with Crippen molar-refractivity contribution in [2.75, 3.05) is 0 Å². The number of hydrogen-bond acceptors (Lipinski definition) is 1. The highest BCUT2D eigenvalue weighted by molar-refractivity contribution is 5.81. The molecule has 0 bridgehead atoms. The van der Waals surface area contributed by atoms with E-state index in [1.54, 1.807) is 4.57 Å². The molecule has 0 saturated carbocycles. The van der Waals surface area contributed by atoms with Gasteiger partial charge in [0, 0.05) is 11.6 Å². The fourth-order valence-electron chi connectivity index (χ4n) is 1.94. The molecule has 2 rings (SSSR count). The first kappa shape index (κ1) is 10.7. The molecule has 0 N–H and O–H groups in total. The summed E-state index contributed by atoms with van der Waals surface area (Å²) in [7, 11) is 0. The van der Waals surface area contributed by atoms with Crippen LogP contribution in [0.1, 0.15) is 19.4 Å². The molecule has 0 fully saturated rings. The van der Waals surface area contributed by atoms with Gasteiger partial charge in [0.25, 0.3) is 5.56 Å². The molecule has 0 radical (unpaired) electrons. The first-order chi connectivity index (χ1) is 7.77. The van der Waals surface area contributed by atoms with Gasteiger partial charge in [0.05, 0.1) is 6.04 Å². The van der Waals surface area contributed by atoms with Crippen molar-refractivity contribution in [3.05, 3.63) is 59.5 Å². The minimum atomic E-state index is 0.0600. The lowest BCUT2D eigenvalue weighted by Gasteiger charge is -2.14. The van der Waals surface area contributed by atoms with Gasteiger partial charge in [-0.05, 0) is 23.9 Å². The van der Waals surface area contributed by atoms with E-state index in [0.717, 1.165) is 17.2 Å². The average molecular weight is 213 g/mol. The molecule has 2 nitrogen and oxygen atoms in total. The number of fused-ring (bicyclic) bond motifs is 1. The van der Waals surface area contributed by atoms with Crippen LogP contribution in [0.2, 0.25) is 0 Å². The van der Waals surface area contributed by atoms with E-state index >= 15 is 0 Å². The van der Waals surface area contributed by atoms with Gasteiger partial charge in [-0.25, -0.2) is 0 Å². The molecular weight excluding hydrogens is 198 g/mol. The van der Waals surface area contributed by atoms with Crippen molar-refractivity contribution in [1.29, 1.82) is 0 Å². The third kappa shape index (κ3) is 1.67. The first-order valence-electron chi connectivity index (χ1n) is 5.50. The number of allylic oxidation sites excluding steroid dienone is 1. The quantitative estimate of drug-likeness (QED) is 0.718. The van der Waals surface area contributed by atoms with Crippen molar-refractivity contribution in [1.82, 2.24) is 4.57 Å². The third-order valence-corrected chi connectivity index (χ3v) is 2.89. The van der Waals surface area contributed by atoms with Crippen LogP contribution in [0.3, 0.4) is 0 Å². The standard InChI is InChI=1S/C14H15NO/c1-3-12(4-2)15-10-9-11-7-5-6-8-13(11)14(15)16/h3,5-10,12H,1,4H2,2H3/t12-/m0/s1. The summed E-state index contributed by atoms with van der Waals surface area (Å²) in [5, 5.41) is 1.76. The minimum absolute atomic E-state index is 0.0600. The third-order valence-electron chi connectivity index (χ3n) is 2.89. The fraction of sp³-hybridized carbons (Fsp3) is 0.214. The fourth-order valence-corrected chi connectivity index (χ4v) is 1.94. The maximum absolute atomic E-state index is 12.2. The van der Waals surface area contributed by atoms with E-state index in [4.69, 9.17) is 0 Å². The number of hydrogen-bond donors (Lipinski definition) is 0. The molecule has 0 saturated heterocycles. The van der Waals surface area contributed by atoms with Crippen molar-refractivity contribution in [3.63, 3.8) is 0 Å². The van der Waals surface area contributed by atoms with Crippen molar-refractivity contribution >= 4 is 10.8 Å². The lowest BCUT2D eigenvalue weighted by Crippen LogP contribution is -2.22. The van der Waals surface area contributed by atoms with Gasteiger partial charge in [-0.15, -0.1) is 6.58 Å². The van der Waals surface area contributed by atoms with E-state index in [-0.39, 0.29) is 11.6 Å². The van der Waals surface area contributed by atoms with Crippen LogP contribution in [0.5, 0.6) is 0 Å². The van der Waals surface area contributed by atoms with Crippen LogP contribution in [0.4, 0.5) is 0 Å². The molecule has 0 unspecified atom stereocenters. The monoisotopic (exact) mass is 213 g/mol. The van der Waals surface area contributed by atoms with Crippen LogP contribution in [0.25, 0.3) is 10.8 Å². The van der Waals surface area contributed by atoms with E-state index in [1.165, 1.54) is 0 Å². The minimum Gasteiger partial charge on any atom is -0.308 e. The van der Waals surface area contributed by atoms with Crippen molar-refractivity contribution in [2.45, 2.75) is 19.4 Å². The molecule has 0 spiro atoms. The number of pyridine rings is 1. The Morgan fingerprint density at radius 3 is 2.81 bits per heavy atom. The van der Waals surface area contributed by atoms with Crippen molar-refractivity contribution in [2.24, 2.45) is 0 Å². The number of nitrogens with zero attached hydrogens (tertiary/aromatic N) is 1. The highest BCUT2D eigenvalue weighted by Gasteiger charge is 2.07. The van der Waals surface area contributed by atoms with Gasteiger partial charge in [0.1, 0.15) is 0 Å². The summed E-state index contributed by atoms with van der Waals surface area (Å²) < 4.78 is 1.75. The van der Waals surface area contributed by atoms with Crippen molar-refractivity contribution in [3.8, 4) is 0 Å². The predicted molar refractivity (Wildman–Crippen MR) is 67.7 cm³/mol. The Hall–Kier alpha value is -1.83. The molecule has 16 heavy (non-hydrogen) atoms. The second-order valence-electron chi connectivity index (χ2n) is 3.83. The Morgan fingerprint density at radius 2 is 2.12 bits per heavy atom. The molecule has 1 aromatic heterocycles. The van der Waals surface area contributed by atoms with Gasteiger partial charge < -0.3 is 4.57 Å². The molecule has 0 aliphatic rings. The van der Waals surface area contributed by atoms with Gasteiger partial charge >= 0.3 is 0 Å². The molecule has 1 heterocycles. The molecule has 1 atom stereocenters. The zero-order valence-electron chi connectivity index (χ0n) is 9.39. The predicted octanol–water partition coefficient (Wildman–Crippen LogP) is 3.14. The van der Waals surface area contributed by atoms with E-state index in [9.17, 15) is 4.79 Å². The van der Waals surface area contributed by atoms with E-state index in [0.29, 0.717) is 0 Å². The Bertz CT molecular complexity index is 568. The molecule has 82 valence electrons. The first-order valence-corrected chi connectivity index (χ1v) is 5.50. The van der Waals surface area contributed by atoms with Crippen LogP contribution < -0.4 is 5.56 Å². The normalized spacial score (nSPS) is 12.6. The zero-order valence-corrected chi connectivity index (χ0v) is 9.39. The summed E-state index contributed by atoms with van der Waals surface area (Å²) in [6.45, 7) is 5.82. The maximum atomic E-state index is 12.2. The van der Waals surface area contributed by atoms with Crippen LogP contribution in [0.15, 0.2) is 54.0 Å². The van der Waals surface area contributed by atoms with Gasteiger partial charge in [0.15, 0.2) is 0 Å². The number of benzene rings is 1. The molecule has 0 aliphatic carbocycles. The van der Waals surface area contributed by atoms with E-state index in [2.05, 4.69) is 6.58 Å². The Labute approximate surface area is 94.8 Å². The summed E-state index contributed by atoms with van der Waals surface area (Å²) >= 11 is 0. The topological polar surface area (TPSA) is 22.0 Å². The Kier molecular flexibility index (Phi) is 2.91. The van der Waals surface area contributed by atoms with E-state index < -0.39 is 0 Å². The second kappa shape index (κ2) is 4.35. The number of aromatic nitrogens is 1. The lowest BCUT2D eigenvalue weighted by atomic mass is 10.1. The van der Waals surface area contributed by atoms with Gasteiger partial charge in [-0.3, -0.25) is 4.79 Å². The largest absolute Gasteiger partial charge is 0.308 e. The van der Waals surface area contributed by atoms with Gasteiger partial charge in [-0.1, -0.05) is 31.2 Å². The SMILES string of the molecule is C=C[C@@H](CC)n1ccc2ccccc2c1=O. The summed E-state index contributed by atoms with van der Waals surface area (Å²) in [5.74, 6) is 0. The molecule has 0 aliphatic heterocycles. The molecule has 2 aromatic rings. The molecule has 2 heteroatoms. The van der Waals surface area contributed by atoms with Crippen LogP contribution in [0, 0.1) is 0 Å². The second-order valence-corrected chi connectivity index (χ2v) is 3.83. The highest BCUT2D eigenvalue weighted by atomic mass is 16.1. The smallest absolute Gasteiger partial charge is 0.258 e. The summed E-state index contributed by atoms with van der Waals surface area (Å²) in [4.78, 5) is 12.2.